The second kappa shape index (κ2) is 5.73. The molecule has 7 heteroatoms. The number of aryl methyl sites for hydroxylation is 1. The van der Waals surface area contributed by atoms with Crippen molar-refractivity contribution in [2.75, 3.05) is 6.54 Å². The Morgan fingerprint density at radius 1 is 1.61 bits per heavy atom. The van der Waals surface area contributed by atoms with E-state index in [1.807, 2.05) is 6.92 Å². The third-order valence-corrected chi connectivity index (χ3v) is 3.94. The molecule has 2 aromatic rings. The summed E-state index contributed by atoms with van der Waals surface area (Å²) in [5.74, 6) is -0.110. The van der Waals surface area contributed by atoms with E-state index < -0.39 is 0 Å². The number of aromatic nitrogens is 3. The molecule has 0 saturated heterocycles. The summed E-state index contributed by atoms with van der Waals surface area (Å²) in [5, 5.41) is 6.79. The smallest absolute Gasteiger partial charge is 0.231 e. The van der Waals surface area contributed by atoms with Gasteiger partial charge >= 0.3 is 0 Å². The van der Waals surface area contributed by atoms with E-state index in [1.165, 1.54) is 11.3 Å². The van der Waals surface area contributed by atoms with Gasteiger partial charge in [0.15, 0.2) is 0 Å². The molecule has 0 unspecified atom stereocenters. The molecular formula is C11H13BrN4OS. The number of nitrogens with two attached hydrogens (primary N) is 1. The van der Waals surface area contributed by atoms with Crippen molar-refractivity contribution in [2.24, 2.45) is 5.73 Å². The lowest BCUT2D eigenvalue weighted by atomic mass is 10.2. The molecule has 0 aliphatic rings. The van der Waals surface area contributed by atoms with Crippen LogP contribution >= 0.6 is 27.3 Å². The van der Waals surface area contributed by atoms with Crippen LogP contribution in [0.4, 0.5) is 0 Å². The molecular weight excluding hydrogens is 316 g/mol. The van der Waals surface area contributed by atoms with Gasteiger partial charge in [-0.25, -0.2) is 4.98 Å². The summed E-state index contributed by atoms with van der Waals surface area (Å²) < 4.78 is 2.36. The lowest BCUT2D eigenvalue weighted by molar-refractivity contribution is 0.102. The van der Waals surface area contributed by atoms with Crippen molar-refractivity contribution < 1.29 is 4.79 Å². The summed E-state index contributed by atoms with van der Waals surface area (Å²) in [4.78, 5) is 16.6. The van der Waals surface area contributed by atoms with Crippen LogP contribution in [0.3, 0.4) is 0 Å². The molecule has 0 amide bonds. The summed E-state index contributed by atoms with van der Waals surface area (Å²) in [6.07, 6.45) is 2.33. The SMILES string of the molecule is CCn1ncc(Br)c1C(=O)c1csc(CCN)n1. The lowest BCUT2D eigenvalue weighted by Gasteiger charge is -2.02. The number of ketones is 1. The molecule has 2 rings (SSSR count). The highest BCUT2D eigenvalue weighted by molar-refractivity contribution is 9.10. The third kappa shape index (κ3) is 2.52. The minimum absolute atomic E-state index is 0.110. The molecule has 0 fully saturated rings. The second-order valence-electron chi connectivity index (χ2n) is 3.65. The first-order chi connectivity index (χ1) is 8.67. The second-order valence-corrected chi connectivity index (χ2v) is 5.45. The maximum absolute atomic E-state index is 12.3. The first-order valence-corrected chi connectivity index (χ1v) is 7.25. The number of hydrogen-bond donors (Lipinski definition) is 1. The quantitative estimate of drug-likeness (QED) is 0.850. The van der Waals surface area contributed by atoms with Crippen LogP contribution in [0.1, 0.15) is 28.1 Å². The Hall–Kier alpha value is -1.05. The van der Waals surface area contributed by atoms with Crippen LogP contribution in [-0.4, -0.2) is 27.1 Å². The molecule has 0 saturated carbocycles. The van der Waals surface area contributed by atoms with Crippen molar-refractivity contribution in [3.8, 4) is 0 Å². The predicted octanol–water partition coefficient (Wildman–Crippen LogP) is 1.85. The Labute approximate surface area is 117 Å². The maximum atomic E-state index is 12.3. The van der Waals surface area contributed by atoms with Gasteiger partial charge in [-0.3, -0.25) is 9.48 Å². The predicted molar refractivity (Wildman–Crippen MR) is 73.9 cm³/mol. The fraction of sp³-hybridized carbons (Fsp3) is 0.364. The average molecular weight is 329 g/mol. The van der Waals surface area contributed by atoms with E-state index in [1.54, 1.807) is 16.3 Å². The average Bonchev–Trinajstić information content (AvgIpc) is 2.95. The number of rotatable bonds is 5. The van der Waals surface area contributed by atoms with Gasteiger partial charge in [-0.15, -0.1) is 11.3 Å². The number of hydrogen-bond acceptors (Lipinski definition) is 5. The Morgan fingerprint density at radius 3 is 3.06 bits per heavy atom. The highest BCUT2D eigenvalue weighted by atomic mass is 79.9. The third-order valence-electron chi connectivity index (χ3n) is 2.45. The number of halogens is 1. The van der Waals surface area contributed by atoms with Gasteiger partial charge in [0.2, 0.25) is 5.78 Å². The van der Waals surface area contributed by atoms with Crippen LogP contribution < -0.4 is 5.73 Å². The highest BCUT2D eigenvalue weighted by Crippen LogP contribution is 2.21. The van der Waals surface area contributed by atoms with Crippen molar-refractivity contribution in [2.45, 2.75) is 19.9 Å². The van der Waals surface area contributed by atoms with Crippen molar-refractivity contribution in [1.82, 2.24) is 14.8 Å². The molecule has 0 radical (unpaired) electrons. The first-order valence-electron chi connectivity index (χ1n) is 5.57. The topological polar surface area (TPSA) is 73.8 Å². The molecule has 18 heavy (non-hydrogen) atoms. The molecule has 0 aliphatic heterocycles. The molecule has 96 valence electrons. The van der Waals surface area contributed by atoms with Crippen LogP contribution in [0.15, 0.2) is 16.0 Å². The van der Waals surface area contributed by atoms with Crippen LogP contribution in [0.25, 0.3) is 0 Å². The monoisotopic (exact) mass is 328 g/mol. The Balaban J connectivity index is 2.32. The van der Waals surface area contributed by atoms with Crippen LogP contribution in [0.2, 0.25) is 0 Å². The molecule has 0 atom stereocenters. The molecule has 2 N–H and O–H groups in total. The largest absolute Gasteiger partial charge is 0.330 e. The number of thiazole rings is 1. The highest BCUT2D eigenvalue weighted by Gasteiger charge is 2.20. The summed E-state index contributed by atoms with van der Waals surface area (Å²) in [6, 6.07) is 0. The molecule has 2 aromatic heterocycles. The summed E-state index contributed by atoms with van der Waals surface area (Å²) in [6.45, 7) is 3.13. The van der Waals surface area contributed by atoms with E-state index in [-0.39, 0.29) is 5.78 Å². The van der Waals surface area contributed by atoms with Crippen molar-refractivity contribution in [1.29, 1.82) is 0 Å². The van der Waals surface area contributed by atoms with E-state index in [0.717, 1.165) is 5.01 Å². The van der Waals surface area contributed by atoms with Gasteiger partial charge in [0, 0.05) is 18.3 Å². The Kier molecular flexibility index (Phi) is 4.26. The van der Waals surface area contributed by atoms with Gasteiger partial charge in [0.05, 0.1) is 15.7 Å². The van der Waals surface area contributed by atoms with Crippen molar-refractivity contribution in [3.63, 3.8) is 0 Å². The minimum atomic E-state index is -0.110. The number of nitrogens with zero attached hydrogens (tertiary/aromatic N) is 3. The molecule has 0 aromatic carbocycles. The standard InChI is InChI=1S/C11H13BrN4OS/c1-2-16-10(7(12)5-14-16)11(17)8-6-18-9(15-8)3-4-13/h5-6H,2-4,13H2,1H3. The van der Waals surface area contributed by atoms with E-state index in [0.29, 0.717) is 35.4 Å². The van der Waals surface area contributed by atoms with Gasteiger partial charge in [-0.05, 0) is 29.4 Å². The fourth-order valence-corrected chi connectivity index (χ4v) is 2.87. The minimum Gasteiger partial charge on any atom is -0.330 e. The fourth-order valence-electron chi connectivity index (χ4n) is 1.60. The molecule has 0 spiro atoms. The Bertz CT molecular complexity index is 563. The first kappa shape index (κ1) is 13.4. The van der Waals surface area contributed by atoms with Crippen LogP contribution in [0.5, 0.6) is 0 Å². The van der Waals surface area contributed by atoms with Crippen molar-refractivity contribution in [3.05, 3.63) is 32.4 Å². The summed E-state index contributed by atoms with van der Waals surface area (Å²) in [7, 11) is 0. The van der Waals surface area contributed by atoms with Gasteiger partial charge < -0.3 is 5.73 Å². The molecule has 0 aliphatic carbocycles. The maximum Gasteiger partial charge on any atom is 0.231 e. The van der Waals surface area contributed by atoms with Gasteiger partial charge in [0.25, 0.3) is 0 Å². The zero-order chi connectivity index (χ0) is 13.1. The number of carbonyl (C=O) groups excluding carboxylic acids is 1. The molecule has 0 bridgehead atoms. The zero-order valence-electron chi connectivity index (χ0n) is 9.89. The van der Waals surface area contributed by atoms with E-state index in [2.05, 4.69) is 26.0 Å². The molecule has 5 nitrogen and oxygen atoms in total. The van der Waals surface area contributed by atoms with Crippen LogP contribution in [0, 0.1) is 0 Å². The Morgan fingerprint density at radius 2 is 2.39 bits per heavy atom. The normalized spacial score (nSPS) is 10.8. The van der Waals surface area contributed by atoms with Gasteiger partial charge in [0.1, 0.15) is 11.4 Å². The van der Waals surface area contributed by atoms with Gasteiger partial charge in [-0.1, -0.05) is 0 Å². The van der Waals surface area contributed by atoms with Crippen LogP contribution in [-0.2, 0) is 13.0 Å². The van der Waals surface area contributed by atoms with Crippen molar-refractivity contribution >= 4 is 33.0 Å². The van der Waals surface area contributed by atoms with E-state index in [9.17, 15) is 4.79 Å². The zero-order valence-corrected chi connectivity index (χ0v) is 12.3. The molecule has 2 heterocycles. The number of carbonyl (C=O) groups is 1. The lowest BCUT2D eigenvalue weighted by Crippen LogP contribution is -2.12. The van der Waals surface area contributed by atoms with E-state index in [4.69, 9.17) is 5.73 Å². The summed E-state index contributed by atoms with van der Waals surface area (Å²) in [5.41, 5.74) is 6.47. The summed E-state index contributed by atoms with van der Waals surface area (Å²) >= 11 is 4.81. The van der Waals surface area contributed by atoms with Gasteiger partial charge in [-0.2, -0.15) is 5.10 Å². The van der Waals surface area contributed by atoms with E-state index >= 15 is 0 Å².